The van der Waals surface area contributed by atoms with E-state index in [4.69, 9.17) is 8.92 Å². The van der Waals surface area contributed by atoms with E-state index in [0.29, 0.717) is 14.7 Å². The van der Waals surface area contributed by atoms with E-state index in [1.807, 2.05) is 0 Å². The fourth-order valence-corrected chi connectivity index (χ4v) is 4.09. The lowest BCUT2D eigenvalue weighted by Gasteiger charge is -2.11. The number of ether oxygens (including phenoxy) is 1. The van der Waals surface area contributed by atoms with Crippen molar-refractivity contribution in [2.45, 2.75) is 4.90 Å². The van der Waals surface area contributed by atoms with Crippen molar-refractivity contribution in [3.05, 3.63) is 51.4 Å². The van der Waals surface area contributed by atoms with Crippen LogP contribution in [0.1, 0.15) is 0 Å². The van der Waals surface area contributed by atoms with Crippen LogP contribution < -0.4 is 8.92 Å². The standard InChI is InChI=1S/C13H10Br2O4S/c1-18-12-7-11(15)13(8-10(12)14)20(16,17)19-9-5-3-2-4-6-9/h2-8H,1H3. The van der Waals surface area contributed by atoms with Gasteiger partial charge in [-0.15, -0.1) is 0 Å². The summed E-state index contributed by atoms with van der Waals surface area (Å²) in [5.74, 6) is 0.780. The summed E-state index contributed by atoms with van der Waals surface area (Å²) in [5.41, 5.74) is 0. The molecule has 0 heterocycles. The average molecular weight is 422 g/mol. The van der Waals surface area contributed by atoms with E-state index in [1.54, 1.807) is 36.4 Å². The highest BCUT2D eigenvalue weighted by Crippen LogP contribution is 2.34. The van der Waals surface area contributed by atoms with Crippen LogP contribution in [0.25, 0.3) is 0 Å². The molecular weight excluding hydrogens is 412 g/mol. The number of methoxy groups -OCH3 is 1. The van der Waals surface area contributed by atoms with E-state index in [2.05, 4.69) is 31.9 Å². The highest BCUT2D eigenvalue weighted by molar-refractivity contribution is 9.11. The molecule has 0 aliphatic carbocycles. The van der Waals surface area contributed by atoms with Crippen molar-refractivity contribution in [1.29, 1.82) is 0 Å². The zero-order chi connectivity index (χ0) is 14.8. The number of hydrogen-bond acceptors (Lipinski definition) is 4. The van der Waals surface area contributed by atoms with E-state index in [9.17, 15) is 8.42 Å². The Labute approximate surface area is 134 Å². The molecule has 0 amide bonds. The van der Waals surface area contributed by atoms with Crippen molar-refractivity contribution in [3.8, 4) is 11.5 Å². The molecule has 0 aliphatic rings. The summed E-state index contributed by atoms with van der Waals surface area (Å²) in [4.78, 5) is 0.0222. The molecule has 0 atom stereocenters. The van der Waals surface area contributed by atoms with Crippen LogP contribution >= 0.6 is 31.9 Å². The summed E-state index contributed by atoms with van der Waals surface area (Å²) in [5, 5.41) is 0. The summed E-state index contributed by atoms with van der Waals surface area (Å²) < 4.78 is 35.6. The molecular formula is C13H10Br2O4S. The summed E-state index contributed by atoms with van der Waals surface area (Å²) in [6.45, 7) is 0. The van der Waals surface area contributed by atoms with Crippen LogP contribution in [-0.4, -0.2) is 15.5 Å². The van der Waals surface area contributed by atoms with Gasteiger partial charge in [-0.3, -0.25) is 0 Å². The van der Waals surface area contributed by atoms with E-state index >= 15 is 0 Å². The van der Waals surface area contributed by atoms with Gasteiger partial charge in [0.05, 0.1) is 11.6 Å². The van der Waals surface area contributed by atoms with Crippen LogP contribution in [0.5, 0.6) is 11.5 Å². The third kappa shape index (κ3) is 3.34. The quantitative estimate of drug-likeness (QED) is 0.700. The Hall–Kier alpha value is -1.05. The highest BCUT2D eigenvalue weighted by Gasteiger charge is 2.22. The highest BCUT2D eigenvalue weighted by atomic mass is 79.9. The largest absolute Gasteiger partial charge is 0.496 e. The van der Waals surface area contributed by atoms with Crippen molar-refractivity contribution in [3.63, 3.8) is 0 Å². The zero-order valence-electron chi connectivity index (χ0n) is 10.3. The topological polar surface area (TPSA) is 52.6 Å². The Morgan fingerprint density at radius 3 is 2.25 bits per heavy atom. The molecule has 0 saturated heterocycles. The van der Waals surface area contributed by atoms with Crippen molar-refractivity contribution in [1.82, 2.24) is 0 Å². The molecule has 2 aromatic rings. The van der Waals surface area contributed by atoms with Gasteiger partial charge in [0.25, 0.3) is 0 Å². The van der Waals surface area contributed by atoms with E-state index in [0.717, 1.165) is 0 Å². The van der Waals surface area contributed by atoms with Crippen LogP contribution in [0.15, 0.2) is 56.3 Å². The van der Waals surface area contributed by atoms with E-state index in [-0.39, 0.29) is 10.6 Å². The minimum Gasteiger partial charge on any atom is -0.496 e. The summed E-state index contributed by atoms with van der Waals surface area (Å²) in [6.07, 6.45) is 0. The maximum Gasteiger partial charge on any atom is 0.340 e. The van der Waals surface area contributed by atoms with Crippen LogP contribution in [0.2, 0.25) is 0 Å². The van der Waals surface area contributed by atoms with Gasteiger partial charge in [-0.05, 0) is 56.1 Å². The smallest absolute Gasteiger partial charge is 0.340 e. The molecule has 0 bridgehead atoms. The molecule has 4 nitrogen and oxygen atoms in total. The number of benzene rings is 2. The molecule has 0 aromatic heterocycles. The molecule has 0 unspecified atom stereocenters. The maximum absolute atomic E-state index is 12.3. The lowest BCUT2D eigenvalue weighted by Crippen LogP contribution is -2.10. The first kappa shape index (κ1) is 15.3. The third-order valence-corrected chi connectivity index (χ3v) is 5.25. The number of halogens is 2. The Bertz CT molecular complexity index is 715. The lowest BCUT2D eigenvalue weighted by atomic mass is 10.3. The second-order valence-corrected chi connectivity index (χ2v) is 6.99. The third-order valence-electron chi connectivity index (χ3n) is 2.42. The van der Waals surface area contributed by atoms with Crippen LogP contribution in [-0.2, 0) is 10.1 Å². The first-order valence-corrected chi connectivity index (χ1v) is 8.46. The van der Waals surface area contributed by atoms with Gasteiger partial charge in [0, 0.05) is 4.47 Å². The Morgan fingerprint density at radius 2 is 1.65 bits per heavy atom. The SMILES string of the molecule is COc1cc(Br)c(S(=O)(=O)Oc2ccccc2)cc1Br. The van der Waals surface area contributed by atoms with Gasteiger partial charge in [0.1, 0.15) is 16.4 Å². The molecule has 20 heavy (non-hydrogen) atoms. The second kappa shape index (κ2) is 6.15. The first-order valence-electron chi connectivity index (χ1n) is 5.46. The lowest BCUT2D eigenvalue weighted by molar-refractivity contribution is 0.411. The predicted octanol–water partition coefficient (Wildman–Crippen LogP) is 3.99. The minimum atomic E-state index is -3.92. The molecule has 0 spiro atoms. The second-order valence-electron chi connectivity index (χ2n) is 3.77. The van der Waals surface area contributed by atoms with Crippen molar-refractivity contribution in [2.75, 3.05) is 7.11 Å². The summed E-state index contributed by atoms with van der Waals surface area (Å²) in [7, 11) is -2.42. The average Bonchev–Trinajstić information content (AvgIpc) is 2.41. The number of hydrogen-bond donors (Lipinski definition) is 0. The molecule has 0 N–H and O–H groups in total. The fourth-order valence-electron chi connectivity index (χ4n) is 1.51. The molecule has 106 valence electrons. The van der Waals surface area contributed by atoms with Crippen LogP contribution in [0, 0.1) is 0 Å². The van der Waals surface area contributed by atoms with Crippen molar-refractivity contribution in [2.24, 2.45) is 0 Å². The van der Waals surface area contributed by atoms with Gasteiger partial charge in [-0.25, -0.2) is 0 Å². The zero-order valence-corrected chi connectivity index (χ0v) is 14.3. The molecule has 7 heteroatoms. The fraction of sp³-hybridized carbons (Fsp3) is 0.0769. The van der Waals surface area contributed by atoms with E-state index in [1.165, 1.54) is 13.2 Å². The summed E-state index contributed by atoms with van der Waals surface area (Å²) in [6, 6.07) is 11.3. The summed E-state index contributed by atoms with van der Waals surface area (Å²) >= 11 is 6.46. The van der Waals surface area contributed by atoms with Crippen LogP contribution in [0.4, 0.5) is 0 Å². The van der Waals surface area contributed by atoms with Gasteiger partial charge in [-0.2, -0.15) is 8.42 Å². The molecule has 2 rings (SSSR count). The van der Waals surface area contributed by atoms with Gasteiger partial charge >= 0.3 is 10.1 Å². The maximum atomic E-state index is 12.3. The molecule has 2 aromatic carbocycles. The van der Waals surface area contributed by atoms with E-state index < -0.39 is 10.1 Å². The molecule has 0 radical (unpaired) electrons. The van der Waals surface area contributed by atoms with Gasteiger partial charge in [-0.1, -0.05) is 18.2 Å². The first-order chi connectivity index (χ1) is 9.44. The normalized spacial score (nSPS) is 11.2. The number of rotatable bonds is 4. The van der Waals surface area contributed by atoms with Crippen molar-refractivity contribution >= 4 is 42.0 Å². The molecule has 0 aliphatic heterocycles. The Morgan fingerprint density at radius 1 is 1.00 bits per heavy atom. The van der Waals surface area contributed by atoms with Gasteiger partial charge in [0.15, 0.2) is 0 Å². The molecule has 0 saturated carbocycles. The molecule has 0 fully saturated rings. The minimum absolute atomic E-state index is 0.0222. The predicted molar refractivity (Wildman–Crippen MR) is 82.6 cm³/mol. The number of para-hydroxylation sites is 1. The monoisotopic (exact) mass is 420 g/mol. The Balaban J connectivity index is 2.42. The van der Waals surface area contributed by atoms with Crippen LogP contribution in [0.3, 0.4) is 0 Å². The van der Waals surface area contributed by atoms with Gasteiger partial charge in [0.2, 0.25) is 0 Å². The van der Waals surface area contributed by atoms with Gasteiger partial charge < -0.3 is 8.92 Å². The van der Waals surface area contributed by atoms with Crippen molar-refractivity contribution < 1.29 is 17.3 Å². The Kier molecular flexibility index (Phi) is 4.72.